The van der Waals surface area contributed by atoms with Crippen molar-refractivity contribution in [2.75, 3.05) is 39.5 Å². The number of carbonyl (C=O) groups is 1. The lowest BCUT2D eigenvalue weighted by Crippen LogP contribution is -2.65. The first-order chi connectivity index (χ1) is 20.2. The van der Waals surface area contributed by atoms with Gasteiger partial charge in [-0.15, -0.1) is 0 Å². The average molecular weight is 578 g/mol. The van der Waals surface area contributed by atoms with Crippen LogP contribution in [0.15, 0.2) is 36.4 Å². The Morgan fingerprint density at radius 3 is 2.50 bits per heavy atom. The van der Waals surface area contributed by atoms with Crippen molar-refractivity contribution in [1.82, 2.24) is 15.5 Å². The number of ether oxygens (including phenoxy) is 2. The Kier molecular flexibility index (Phi) is 8.75. The van der Waals surface area contributed by atoms with Crippen molar-refractivity contribution >= 4 is 5.91 Å². The number of carbonyl (C=O) groups excluding carboxylic acids is 1. The van der Waals surface area contributed by atoms with Gasteiger partial charge >= 0.3 is 0 Å². The Morgan fingerprint density at radius 1 is 1.07 bits per heavy atom. The molecule has 2 aromatic rings. The number of benzene rings is 2. The van der Waals surface area contributed by atoms with Gasteiger partial charge in [0.25, 0.3) is 0 Å². The number of hydrogen-bond acceptors (Lipinski definition) is 5. The second kappa shape index (κ2) is 12.4. The summed E-state index contributed by atoms with van der Waals surface area (Å²) < 4.78 is 27.1. The summed E-state index contributed by atoms with van der Waals surface area (Å²) in [7, 11) is 0. The Balaban J connectivity index is 1.15. The average Bonchev–Trinajstić information content (AvgIpc) is 2.95. The van der Waals surface area contributed by atoms with Crippen molar-refractivity contribution in [2.45, 2.75) is 89.9 Å². The summed E-state index contributed by atoms with van der Waals surface area (Å²) in [5, 5.41) is 6.88. The van der Waals surface area contributed by atoms with Crippen LogP contribution in [0.1, 0.15) is 69.6 Å². The lowest BCUT2D eigenvalue weighted by Gasteiger charge is -2.47. The van der Waals surface area contributed by atoms with Gasteiger partial charge in [0.2, 0.25) is 5.91 Å². The maximum Gasteiger partial charge on any atom is 0.240 e. The lowest BCUT2D eigenvalue weighted by atomic mass is 9.71. The summed E-state index contributed by atoms with van der Waals surface area (Å²) >= 11 is 0. The van der Waals surface area contributed by atoms with Crippen LogP contribution in [0.4, 0.5) is 4.39 Å². The summed E-state index contributed by atoms with van der Waals surface area (Å²) in [5.74, 6) is 0.570. The number of rotatable bonds is 6. The zero-order chi connectivity index (χ0) is 29.3. The molecule has 6 nitrogen and oxygen atoms in total. The number of hydrogen-bond donors (Lipinski definition) is 2. The third-order valence-corrected chi connectivity index (χ3v) is 10.3. The summed E-state index contributed by atoms with van der Waals surface area (Å²) in [4.78, 5) is 16.0. The van der Waals surface area contributed by atoms with E-state index in [1.807, 2.05) is 12.1 Å². The van der Waals surface area contributed by atoms with Gasteiger partial charge in [-0.1, -0.05) is 51.1 Å². The SMILES string of the molecule is CC(C)(C)[C@H](Cc1ccc(-c2ccc3c(c2)CCCN(C2COC2)CCOC3)cc1F)NC(=O)C12CCC(CC1)CN2. The van der Waals surface area contributed by atoms with Crippen LogP contribution < -0.4 is 10.6 Å². The first-order valence-corrected chi connectivity index (χ1v) is 16.1. The molecular weight excluding hydrogens is 529 g/mol. The third-order valence-electron chi connectivity index (χ3n) is 10.3. The number of aryl methyl sites for hydroxylation is 1. The standard InChI is InChI=1S/C35H48FN3O3/c1-34(2,3)32(38-33(40)35-12-10-24(11-13-35)20-37-35)19-28-8-6-27(18-31(28)36)26-7-9-29-21-41-16-15-39(30-22-42-23-30)14-4-5-25(29)17-26/h6-9,17-18,24,30,32,37H,4-5,10-16,19-23H2,1-3H3,(H,38,40)/t24?,32-,35?/m0/s1. The Hall–Kier alpha value is -2.32. The number of fused-ring (bicyclic) bond motifs is 4. The normalized spacial score (nSPS) is 26.2. The summed E-state index contributed by atoms with van der Waals surface area (Å²) in [6, 6.07) is 12.4. The summed E-state index contributed by atoms with van der Waals surface area (Å²) in [5.41, 5.74) is 4.38. The minimum absolute atomic E-state index is 0.0815. The molecule has 42 heavy (non-hydrogen) atoms. The number of nitrogens with zero attached hydrogens (tertiary/aromatic N) is 1. The lowest BCUT2D eigenvalue weighted by molar-refractivity contribution is -0.132. The maximum absolute atomic E-state index is 15.7. The van der Waals surface area contributed by atoms with Crippen LogP contribution in [0.25, 0.3) is 11.1 Å². The molecule has 4 heterocycles. The molecule has 1 atom stereocenters. The number of nitrogens with one attached hydrogen (secondary N) is 2. The van der Waals surface area contributed by atoms with E-state index in [9.17, 15) is 4.79 Å². The second-order valence-corrected chi connectivity index (χ2v) is 14.2. The molecule has 228 valence electrons. The molecule has 1 amide bonds. The van der Waals surface area contributed by atoms with Gasteiger partial charge < -0.3 is 20.1 Å². The van der Waals surface area contributed by atoms with Gasteiger partial charge in [0, 0.05) is 12.6 Å². The summed E-state index contributed by atoms with van der Waals surface area (Å²) in [6.45, 7) is 12.3. The van der Waals surface area contributed by atoms with Gasteiger partial charge in [-0.3, -0.25) is 9.69 Å². The van der Waals surface area contributed by atoms with E-state index in [-0.39, 0.29) is 23.2 Å². The highest BCUT2D eigenvalue weighted by atomic mass is 19.1. The Bertz CT molecular complexity index is 1250. The zero-order valence-corrected chi connectivity index (χ0v) is 25.6. The van der Waals surface area contributed by atoms with Gasteiger partial charge in [0.05, 0.1) is 38.0 Å². The van der Waals surface area contributed by atoms with Crippen LogP contribution in [0, 0.1) is 17.2 Å². The smallest absolute Gasteiger partial charge is 0.240 e. The number of amides is 1. The molecule has 2 aromatic carbocycles. The molecule has 2 N–H and O–H groups in total. The van der Waals surface area contributed by atoms with E-state index < -0.39 is 5.54 Å². The van der Waals surface area contributed by atoms with Crippen LogP contribution in [0.2, 0.25) is 0 Å². The van der Waals surface area contributed by atoms with Crippen molar-refractivity contribution in [3.63, 3.8) is 0 Å². The quantitative estimate of drug-likeness (QED) is 0.491. The molecule has 1 aliphatic carbocycles. The van der Waals surface area contributed by atoms with Crippen molar-refractivity contribution in [2.24, 2.45) is 11.3 Å². The maximum atomic E-state index is 15.7. The molecule has 1 saturated carbocycles. The van der Waals surface area contributed by atoms with Crippen molar-refractivity contribution in [3.8, 4) is 11.1 Å². The fourth-order valence-electron chi connectivity index (χ4n) is 7.11. The first kappa shape index (κ1) is 29.7. The van der Waals surface area contributed by atoms with E-state index in [1.54, 1.807) is 6.07 Å². The molecular formula is C35H48FN3O3. The fourth-order valence-corrected chi connectivity index (χ4v) is 7.11. The third kappa shape index (κ3) is 6.45. The van der Waals surface area contributed by atoms with Gasteiger partial charge in [0.1, 0.15) is 5.82 Å². The molecule has 4 aliphatic heterocycles. The number of piperidine rings is 2. The minimum Gasteiger partial charge on any atom is -0.378 e. The molecule has 2 bridgehead atoms. The highest BCUT2D eigenvalue weighted by molar-refractivity contribution is 5.87. The van der Waals surface area contributed by atoms with Crippen LogP contribution in [0.3, 0.4) is 0 Å². The molecule has 4 fully saturated rings. The second-order valence-electron chi connectivity index (χ2n) is 14.2. The van der Waals surface area contributed by atoms with E-state index in [0.29, 0.717) is 30.6 Å². The van der Waals surface area contributed by atoms with Crippen LogP contribution >= 0.6 is 0 Å². The van der Waals surface area contributed by atoms with E-state index in [0.717, 1.165) is 89.1 Å². The summed E-state index contributed by atoms with van der Waals surface area (Å²) in [6.07, 6.45) is 6.53. The molecule has 0 radical (unpaired) electrons. The first-order valence-electron chi connectivity index (χ1n) is 16.1. The van der Waals surface area contributed by atoms with Gasteiger partial charge in [-0.25, -0.2) is 4.39 Å². The largest absolute Gasteiger partial charge is 0.378 e. The van der Waals surface area contributed by atoms with Crippen molar-refractivity contribution in [3.05, 3.63) is 58.9 Å². The topological polar surface area (TPSA) is 62.8 Å². The van der Waals surface area contributed by atoms with Crippen LogP contribution in [-0.2, 0) is 33.7 Å². The van der Waals surface area contributed by atoms with Gasteiger partial charge in [-0.05, 0) is 103 Å². The molecule has 7 rings (SSSR count). The van der Waals surface area contributed by atoms with E-state index >= 15 is 4.39 Å². The van der Waals surface area contributed by atoms with Gasteiger partial charge in [-0.2, -0.15) is 0 Å². The fraction of sp³-hybridized carbons (Fsp3) is 0.629. The minimum atomic E-state index is -0.460. The Morgan fingerprint density at radius 2 is 1.83 bits per heavy atom. The molecule has 7 heteroatoms. The molecule has 3 saturated heterocycles. The van der Waals surface area contributed by atoms with Crippen molar-refractivity contribution < 1.29 is 18.7 Å². The molecule has 0 aromatic heterocycles. The monoisotopic (exact) mass is 577 g/mol. The van der Waals surface area contributed by atoms with E-state index in [4.69, 9.17) is 9.47 Å². The van der Waals surface area contributed by atoms with Gasteiger partial charge in [0.15, 0.2) is 0 Å². The molecule has 0 unspecified atom stereocenters. The van der Waals surface area contributed by atoms with Crippen molar-refractivity contribution in [1.29, 1.82) is 0 Å². The highest BCUT2D eigenvalue weighted by Gasteiger charge is 2.46. The van der Waals surface area contributed by atoms with Crippen LogP contribution in [-0.4, -0.2) is 67.9 Å². The van der Waals surface area contributed by atoms with E-state index in [1.165, 1.54) is 11.1 Å². The number of halogens is 1. The van der Waals surface area contributed by atoms with E-state index in [2.05, 4.69) is 54.5 Å². The molecule has 5 aliphatic rings. The predicted octanol–water partition coefficient (Wildman–Crippen LogP) is 5.26. The molecule has 0 spiro atoms. The zero-order valence-electron chi connectivity index (χ0n) is 25.6. The highest BCUT2D eigenvalue weighted by Crippen LogP contribution is 2.38. The predicted molar refractivity (Wildman–Crippen MR) is 164 cm³/mol. The van der Waals surface area contributed by atoms with Crippen LogP contribution in [0.5, 0.6) is 0 Å². The Labute approximate surface area is 250 Å².